The van der Waals surface area contributed by atoms with E-state index in [0.29, 0.717) is 17.3 Å². The van der Waals surface area contributed by atoms with Crippen LogP contribution in [0.25, 0.3) is 6.08 Å². The van der Waals surface area contributed by atoms with Gasteiger partial charge in [-0.3, -0.25) is 0 Å². The van der Waals surface area contributed by atoms with Crippen LogP contribution in [0.2, 0.25) is 0 Å². The van der Waals surface area contributed by atoms with E-state index in [4.69, 9.17) is 18.7 Å². The molecule has 0 spiro atoms. The minimum atomic E-state index is -0.456. The number of benzene rings is 1. The summed E-state index contributed by atoms with van der Waals surface area (Å²) in [5, 5.41) is 3.81. The van der Waals surface area contributed by atoms with Crippen LogP contribution in [0.15, 0.2) is 28.8 Å². The average molecular weight is 317 g/mol. The van der Waals surface area contributed by atoms with Crippen LogP contribution in [0.1, 0.15) is 22.6 Å². The summed E-state index contributed by atoms with van der Waals surface area (Å²) in [6.07, 6.45) is 2.98. The lowest BCUT2D eigenvalue weighted by Gasteiger charge is -2.07. The maximum atomic E-state index is 11.8. The Kier molecular flexibility index (Phi) is 5.41. The van der Waals surface area contributed by atoms with E-state index in [2.05, 4.69) is 5.16 Å². The van der Waals surface area contributed by atoms with Crippen molar-refractivity contribution in [3.05, 3.63) is 46.9 Å². The number of aromatic nitrogens is 1. The van der Waals surface area contributed by atoms with Gasteiger partial charge in [0.2, 0.25) is 0 Å². The van der Waals surface area contributed by atoms with Gasteiger partial charge in [0.1, 0.15) is 23.9 Å². The van der Waals surface area contributed by atoms with Crippen LogP contribution in [0.3, 0.4) is 0 Å². The molecule has 2 aromatic rings. The van der Waals surface area contributed by atoms with Gasteiger partial charge in [0.25, 0.3) is 0 Å². The van der Waals surface area contributed by atoms with E-state index in [-0.39, 0.29) is 6.61 Å². The third-order valence-electron chi connectivity index (χ3n) is 3.38. The van der Waals surface area contributed by atoms with Gasteiger partial charge < -0.3 is 18.7 Å². The lowest BCUT2D eigenvalue weighted by molar-refractivity contribution is -0.138. The van der Waals surface area contributed by atoms with Crippen LogP contribution in [0, 0.1) is 13.8 Å². The highest BCUT2D eigenvalue weighted by Crippen LogP contribution is 2.25. The molecule has 6 nitrogen and oxygen atoms in total. The van der Waals surface area contributed by atoms with Gasteiger partial charge in [-0.2, -0.15) is 0 Å². The lowest BCUT2D eigenvalue weighted by atomic mass is 10.1. The molecule has 0 unspecified atom stereocenters. The minimum absolute atomic E-state index is 0.129. The molecule has 1 aromatic carbocycles. The van der Waals surface area contributed by atoms with Gasteiger partial charge in [-0.1, -0.05) is 5.16 Å². The maximum Gasteiger partial charge on any atom is 0.331 e. The Balaban J connectivity index is 2.01. The van der Waals surface area contributed by atoms with Crippen molar-refractivity contribution in [2.24, 2.45) is 0 Å². The zero-order valence-electron chi connectivity index (χ0n) is 13.6. The number of methoxy groups -OCH3 is 2. The van der Waals surface area contributed by atoms with E-state index in [0.717, 1.165) is 16.8 Å². The quantitative estimate of drug-likeness (QED) is 0.602. The summed E-state index contributed by atoms with van der Waals surface area (Å²) in [5.74, 6) is 1.48. The molecule has 0 aliphatic rings. The van der Waals surface area contributed by atoms with Crippen LogP contribution in [-0.2, 0) is 16.1 Å². The lowest BCUT2D eigenvalue weighted by Crippen LogP contribution is -2.02. The van der Waals surface area contributed by atoms with Crippen molar-refractivity contribution >= 4 is 12.0 Å². The van der Waals surface area contributed by atoms with E-state index in [1.807, 2.05) is 0 Å². The third-order valence-corrected chi connectivity index (χ3v) is 3.38. The summed E-state index contributed by atoms with van der Waals surface area (Å²) >= 11 is 0. The highest BCUT2D eigenvalue weighted by molar-refractivity contribution is 5.87. The molecule has 0 radical (unpaired) electrons. The predicted molar refractivity (Wildman–Crippen MR) is 84.4 cm³/mol. The molecule has 1 aromatic heterocycles. The van der Waals surface area contributed by atoms with Crippen molar-refractivity contribution in [1.82, 2.24) is 5.16 Å². The summed E-state index contributed by atoms with van der Waals surface area (Å²) in [5.41, 5.74) is 2.26. The van der Waals surface area contributed by atoms with Gasteiger partial charge in [-0.15, -0.1) is 0 Å². The maximum absolute atomic E-state index is 11.8. The first-order valence-corrected chi connectivity index (χ1v) is 7.03. The second kappa shape index (κ2) is 7.49. The number of ether oxygens (including phenoxy) is 3. The number of aryl methyl sites for hydroxylation is 2. The SMILES string of the molecule is COc1ccc(C=CC(=O)OCc2c(C)noc2C)c(OC)c1. The van der Waals surface area contributed by atoms with E-state index < -0.39 is 5.97 Å². The Hall–Kier alpha value is -2.76. The molecule has 0 amide bonds. The largest absolute Gasteiger partial charge is 0.497 e. The van der Waals surface area contributed by atoms with Gasteiger partial charge in [-0.05, 0) is 32.1 Å². The molecule has 2 rings (SSSR count). The van der Waals surface area contributed by atoms with Crippen molar-refractivity contribution in [1.29, 1.82) is 0 Å². The van der Waals surface area contributed by atoms with Crippen molar-refractivity contribution in [2.75, 3.05) is 14.2 Å². The molecule has 0 aliphatic carbocycles. The Bertz CT molecular complexity index is 698. The van der Waals surface area contributed by atoms with E-state index in [1.54, 1.807) is 52.3 Å². The molecule has 0 saturated carbocycles. The molecule has 122 valence electrons. The summed E-state index contributed by atoms with van der Waals surface area (Å²) in [4.78, 5) is 11.8. The Morgan fingerprint density at radius 2 is 2.04 bits per heavy atom. The third kappa shape index (κ3) is 4.12. The number of hydrogen-bond donors (Lipinski definition) is 0. The van der Waals surface area contributed by atoms with Crippen LogP contribution >= 0.6 is 0 Å². The monoisotopic (exact) mass is 317 g/mol. The smallest absolute Gasteiger partial charge is 0.331 e. The highest BCUT2D eigenvalue weighted by Gasteiger charge is 2.10. The van der Waals surface area contributed by atoms with Crippen molar-refractivity contribution in [2.45, 2.75) is 20.5 Å². The molecule has 0 saturated heterocycles. The number of nitrogens with zero attached hydrogens (tertiary/aromatic N) is 1. The fourth-order valence-electron chi connectivity index (χ4n) is 2.01. The summed E-state index contributed by atoms with van der Waals surface area (Å²) in [6, 6.07) is 5.34. The van der Waals surface area contributed by atoms with Gasteiger partial charge in [0.15, 0.2) is 0 Å². The standard InChI is InChI=1S/C17H19NO5/c1-11-15(12(2)23-18-11)10-22-17(19)8-6-13-5-7-14(20-3)9-16(13)21-4/h5-9H,10H2,1-4H3. The summed E-state index contributed by atoms with van der Waals surface area (Å²) in [7, 11) is 3.14. The zero-order chi connectivity index (χ0) is 16.8. The second-order valence-corrected chi connectivity index (χ2v) is 4.85. The van der Waals surface area contributed by atoms with Gasteiger partial charge in [-0.25, -0.2) is 4.79 Å². The van der Waals surface area contributed by atoms with Crippen molar-refractivity contribution < 1.29 is 23.5 Å². The van der Waals surface area contributed by atoms with Crippen LogP contribution in [0.5, 0.6) is 11.5 Å². The highest BCUT2D eigenvalue weighted by atomic mass is 16.5. The number of rotatable bonds is 6. The molecule has 0 aliphatic heterocycles. The van der Waals surface area contributed by atoms with Crippen LogP contribution < -0.4 is 9.47 Å². The van der Waals surface area contributed by atoms with Gasteiger partial charge >= 0.3 is 5.97 Å². The predicted octanol–water partition coefficient (Wildman–Crippen LogP) is 3.07. The van der Waals surface area contributed by atoms with E-state index >= 15 is 0 Å². The second-order valence-electron chi connectivity index (χ2n) is 4.85. The first-order chi connectivity index (χ1) is 11.0. The molecule has 0 N–H and O–H groups in total. The number of carbonyl (C=O) groups is 1. The average Bonchev–Trinajstić information content (AvgIpc) is 2.89. The molecular weight excluding hydrogens is 298 g/mol. The van der Waals surface area contributed by atoms with Gasteiger partial charge in [0.05, 0.1) is 25.5 Å². The normalized spacial score (nSPS) is 10.8. The Morgan fingerprint density at radius 1 is 1.26 bits per heavy atom. The zero-order valence-corrected chi connectivity index (χ0v) is 13.6. The van der Waals surface area contributed by atoms with Crippen LogP contribution in [0.4, 0.5) is 0 Å². The summed E-state index contributed by atoms with van der Waals surface area (Å²) < 4.78 is 20.6. The van der Waals surface area contributed by atoms with Crippen LogP contribution in [-0.4, -0.2) is 25.3 Å². The molecule has 0 bridgehead atoms. The Labute approximate surface area is 134 Å². The van der Waals surface area contributed by atoms with Gasteiger partial charge in [0, 0.05) is 17.7 Å². The van der Waals surface area contributed by atoms with Crippen molar-refractivity contribution in [3.63, 3.8) is 0 Å². The first kappa shape index (κ1) is 16.6. The molecule has 0 fully saturated rings. The number of esters is 1. The fraction of sp³-hybridized carbons (Fsp3) is 0.294. The molecular formula is C17H19NO5. The molecule has 23 heavy (non-hydrogen) atoms. The summed E-state index contributed by atoms with van der Waals surface area (Å²) in [6.45, 7) is 3.71. The van der Waals surface area contributed by atoms with E-state index in [9.17, 15) is 4.79 Å². The topological polar surface area (TPSA) is 70.8 Å². The molecule has 6 heteroatoms. The van der Waals surface area contributed by atoms with E-state index in [1.165, 1.54) is 6.08 Å². The number of hydrogen-bond acceptors (Lipinski definition) is 6. The number of carbonyl (C=O) groups excluding carboxylic acids is 1. The first-order valence-electron chi connectivity index (χ1n) is 7.03. The fourth-order valence-corrected chi connectivity index (χ4v) is 2.01. The minimum Gasteiger partial charge on any atom is -0.497 e. The van der Waals surface area contributed by atoms with Crippen molar-refractivity contribution in [3.8, 4) is 11.5 Å². The molecule has 0 atom stereocenters. The molecule has 1 heterocycles. The Morgan fingerprint density at radius 3 is 2.65 bits per heavy atom.